The highest BCUT2D eigenvalue weighted by atomic mass is 16.2. The van der Waals surface area contributed by atoms with E-state index in [9.17, 15) is 9.59 Å². The summed E-state index contributed by atoms with van der Waals surface area (Å²) in [5.74, 6) is -0.240. The summed E-state index contributed by atoms with van der Waals surface area (Å²) < 4.78 is 0. The summed E-state index contributed by atoms with van der Waals surface area (Å²) in [6.45, 7) is 5.83. The van der Waals surface area contributed by atoms with Crippen molar-refractivity contribution in [3.63, 3.8) is 0 Å². The molecule has 1 rings (SSSR count). The molecule has 21 heavy (non-hydrogen) atoms. The molecule has 0 radical (unpaired) electrons. The van der Waals surface area contributed by atoms with E-state index in [-0.39, 0.29) is 18.2 Å². The lowest BCUT2D eigenvalue weighted by Gasteiger charge is -2.11. The molecule has 0 unspecified atom stereocenters. The van der Waals surface area contributed by atoms with Crippen molar-refractivity contribution in [2.24, 2.45) is 0 Å². The maximum absolute atomic E-state index is 12.1. The van der Waals surface area contributed by atoms with Gasteiger partial charge in [-0.15, -0.1) is 0 Å². The van der Waals surface area contributed by atoms with Crippen molar-refractivity contribution in [3.8, 4) is 0 Å². The highest BCUT2D eigenvalue weighted by Crippen LogP contribution is 2.13. The lowest BCUT2D eigenvalue weighted by molar-refractivity contribution is -0.120. The van der Waals surface area contributed by atoms with E-state index in [1.54, 1.807) is 18.5 Å². The van der Waals surface area contributed by atoms with Gasteiger partial charge in [0, 0.05) is 32.3 Å². The van der Waals surface area contributed by atoms with E-state index in [1.807, 2.05) is 6.92 Å². The van der Waals surface area contributed by atoms with Crippen molar-refractivity contribution < 1.29 is 9.59 Å². The maximum Gasteiger partial charge on any atom is 0.253 e. The molecule has 6 heteroatoms. The van der Waals surface area contributed by atoms with Gasteiger partial charge in [-0.1, -0.05) is 13.8 Å². The Morgan fingerprint density at radius 3 is 2.57 bits per heavy atom. The summed E-state index contributed by atoms with van der Waals surface area (Å²) in [6.07, 6.45) is 5.38. The van der Waals surface area contributed by atoms with Crippen LogP contribution in [0.4, 0.5) is 5.69 Å². The van der Waals surface area contributed by atoms with Gasteiger partial charge in [0.25, 0.3) is 5.91 Å². The molecule has 116 valence electrons. The minimum atomic E-state index is -0.195. The fraction of sp³-hybridized carbons (Fsp3) is 0.533. The second kappa shape index (κ2) is 9.74. The molecule has 6 nitrogen and oxygen atoms in total. The average molecular weight is 292 g/mol. The van der Waals surface area contributed by atoms with E-state index in [1.165, 1.54) is 0 Å². The number of nitrogens with one attached hydrogen (secondary N) is 3. The SMILES string of the molecule is CCCNC(=O)CCNC(=O)c1ccncc1NCCC. The number of hydrogen-bond acceptors (Lipinski definition) is 4. The van der Waals surface area contributed by atoms with Crippen molar-refractivity contribution >= 4 is 17.5 Å². The molecule has 1 aromatic rings. The van der Waals surface area contributed by atoms with Crippen LogP contribution in [-0.4, -0.2) is 36.4 Å². The van der Waals surface area contributed by atoms with E-state index in [2.05, 4.69) is 27.9 Å². The number of anilines is 1. The minimum absolute atomic E-state index is 0.0452. The van der Waals surface area contributed by atoms with Gasteiger partial charge in [-0.3, -0.25) is 14.6 Å². The van der Waals surface area contributed by atoms with Crippen LogP contribution in [0, 0.1) is 0 Å². The van der Waals surface area contributed by atoms with Gasteiger partial charge in [-0.25, -0.2) is 0 Å². The van der Waals surface area contributed by atoms with Crippen molar-refractivity contribution in [3.05, 3.63) is 24.0 Å². The maximum atomic E-state index is 12.1. The van der Waals surface area contributed by atoms with E-state index < -0.39 is 0 Å². The molecule has 0 saturated heterocycles. The monoisotopic (exact) mass is 292 g/mol. The second-order valence-electron chi connectivity index (χ2n) is 4.70. The summed E-state index contributed by atoms with van der Waals surface area (Å²) in [5.41, 5.74) is 1.26. The van der Waals surface area contributed by atoms with Crippen LogP contribution in [0.2, 0.25) is 0 Å². The lowest BCUT2D eigenvalue weighted by atomic mass is 10.2. The van der Waals surface area contributed by atoms with E-state index >= 15 is 0 Å². The molecule has 0 atom stereocenters. The highest BCUT2D eigenvalue weighted by molar-refractivity contribution is 5.99. The van der Waals surface area contributed by atoms with Crippen LogP contribution < -0.4 is 16.0 Å². The molecule has 1 heterocycles. The van der Waals surface area contributed by atoms with Crippen molar-refractivity contribution in [1.29, 1.82) is 0 Å². The van der Waals surface area contributed by atoms with Gasteiger partial charge in [-0.2, -0.15) is 0 Å². The summed E-state index contributed by atoms with van der Waals surface area (Å²) in [4.78, 5) is 27.6. The Morgan fingerprint density at radius 1 is 1.10 bits per heavy atom. The molecule has 0 aliphatic heterocycles. The van der Waals surface area contributed by atoms with Crippen LogP contribution in [0.15, 0.2) is 18.5 Å². The Balaban J connectivity index is 2.46. The van der Waals surface area contributed by atoms with E-state index in [0.29, 0.717) is 24.3 Å². The topological polar surface area (TPSA) is 83.1 Å². The van der Waals surface area contributed by atoms with E-state index in [0.717, 1.165) is 19.4 Å². The first kappa shape index (κ1) is 16.9. The van der Waals surface area contributed by atoms with Crippen LogP contribution >= 0.6 is 0 Å². The Morgan fingerprint density at radius 2 is 1.86 bits per heavy atom. The molecular weight excluding hydrogens is 268 g/mol. The summed E-state index contributed by atoms with van der Waals surface area (Å²) >= 11 is 0. The number of pyridine rings is 1. The molecule has 0 aliphatic rings. The molecular formula is C15H24N4O2. The molecule has 0 fully saturated rings. The van der Waals surface area contributed by atoms with Crippen LogP contribution in [0.25, 0.3) is 0 Å². The number of hydrogen-bond donors (Lipinski definition) is 3. The molecule has 3 N–H and O–H groups in total. The van der Waals surface area contributed by atoms with Gasteiger partial charge in [-0.05, 0) is 18.9 Å². The summed E-state index contributed by atoms with van der Waals surface area (Å²) in [6, 6.07) is 1.67. The molecule has 1 aromatic heterocycles. The second-order valence-corrected chi connectivity index (χ2v) is 4.70. The Kier molecular flexibility index (Phi) is 7.86. The third-order valence-electron chi connectivity index (χ3n) is 2.84. The van der Waals surface area contributed by atoms with E-state index in [4.69, 9.17) is 0 Å². The van der Waals surface area contributed by atoms with Crippen LogP contribution in [-0.2, 0) is 4.79 Å². The average Bonchev–Trinajstić information content (AvgIpc) is 2.51. The zero-order valence-electron chi connectivity index (χ0n) is 12.7. The smallest absolute Gasteiger partial charge is 0.253 e. The van der Waals surface area contributed by atoms with Gasteiger partial charge in [0.1, 0.15) is 0 Å². The predicted octanol–water partition coefficient (Wildman–Crippen LogP) is 1.55. The first-order valence-electron chi connectivity index (χ1n) is 7.41. The fourth-order valence-corrected chi connectivity index (χ4v) is 1.73. The first-order chi connectivity index (χ1) is 10.2. The van der Waals surface area contributed by atoms with Gasteiger partial charge in [0.05, 0.1) is 17.4 Å². The summed E-state index contributed by atoms with van der Waals surface area (Å²) in [5, 5.41) is 8.70. The number of amides is 2. The number of rotatable bonds is 9. The third-order valence-corrected chi connectivity index (χ3v) is 2.84. The van der Waals surface area contributed by atoms with Gasteiger partial charge in [0.2, 0.25) is 5.91 Å². The zero-order chi connectivity index (χ0) is 15.5. The Bertz CT molecular complexity index is 463. The molecule has 2 amide bonds. The van der Waals surface area contributed by atoms with Gasteiger partial charge >= 0.3 is 0 Å². The molecule has 0 saturated carbocycles. The lowest BCUT2D eigenvalue weighted by Crippen LogP contribution is -2.31. The Labute approximate surface area is 125 Å². The van der Waals surface area contributed by atoms with Gasteiger partial charge in [0.15, 0.2) is 0 Å². The summed E-state index contributed by atoms with van der Waals surface area (Å²) in [7, 11) is 0. The predicted molar refractivity (Wildman–Crippen MR) is 83.3 cm³/mol. The van der Waals surface area contributed by atoms with Crippen LogP contribution in [0.3, 0.4) is 0 Å². The van der Waals surface area contributed by atoms with Crippen molar-refractivity contribution in [2.45, 2.75) is 33.1 Å². The number of carbonyl (C=O) groups excluding carboxylic acids is 2. The first-order valence-corrected chi connectivity index (χ1v) is 7.41. The quantitative estimate of drug-likeness (QED) is 0.645. The van der Waals surface area contributed by atoms with Crippen LogP contribution in [0.1, 0.15) is 43.5 Å². The normalized spacial score (nSPS) is 10.0. The number of aromatic nitrogens is 1. The number of nitrogens with zero attached hydrogens (tertiary/aromatic N) is 1. The largest absolute Gasteiger partial charge is 0.383 e. The molecule has 0 aromatic carbocycles. The Hall–Kier alpha value is -2.11. The molecule has 0 bridgehead atoms. The van der Waals surface area contributed by atoms with Gasteiger partial charge < -0.3 is 16.0 Å². The fourth-order valence-electron chi connectivity index (χ4n) is 1.73. The standard InChI is InChI=1S/C15H24N4O2/c1-3-7-17-13-11-16-9-5-12(13)15(21)19-10-6-14(20)18-8-4-2/h5,9,11,17H,3-4,6-8,10H2,1-2H3,(H,18,20)(H,19,21). The third kappa shape index (κ3) is 6.25. The minimum Gasteiger partial charge on any atom is -0.383 e. The molecule has 0 spiro atoms. The van der Waals surface area contributed by atoms with Crippen LogP contribution in [0.5, 0.6) is 0 Å². The van der Waals surface area contributed by atoms with Crippen molar-refractivity contribution in [2.75, 3.05) is 25.0 Å². The number of carbonyl (C=O) groups is 2. The highest BCUT2D eigenvalue weighted by Gasteiger charge is 2.11. The molecule has 0 aliphatic carbocycles. The zero-order valence-corrected chi connectivity index (χ0v) is 12.7. The van der Waals surface area contributed by atoms with Crippen molar-refractivity contribution in [1.82, 2.24) is 15.6 Å².